The lowest BCUT2D eigenvalue weighted by atomic mass is 9.72. The summed E-state index contributed by atoms with van der Waals surface area (Å²) in [4.78, 5) is 0. The van der Waals surface area contributed by atoms with Crippen LogP contribution in [0.15, 0.2) is 127 Å². The largest absolute Gasteiger partial charge is 0.457 e. The molecule has 0 saturated heterocycles. The van der Waals surface area contributed by atoms with Crippen molar-refractivity contribution in [3.8, 4) is 56.3 Å². The Morgan fingerprint density at radius 1 is 0.487 bits per heavy atom. The molecule has 39 heavy (non-hydrogen) atoms. The van der Waals surface area contributed by atoms with Crippen LogP contribution in [0.2, 0.25) is 0 Å². The molecule has 2 heterocycles. The second-order valence-corrected chi connectivity index (χ2v) is 10.4. The van der Waals surface area contributed by atoms with E-state index in [1.807, 2.05) is 36.4 Å². The molecule has 1 aromatic heterocycles. The van der Waals surface area contributed by atoms with Crippen molar-refractivity contribution >= 4 is 0 Å². The van der Waals surface area contributed by atoms with Crippen LogP contribution < -0.4 is 4.74 Å². The van der Waals surface area contributed by atoms with Gasteiger partial charge in [0.2, 0.25) is 0 Å². The van der Waals surface area contributed by atoms with Crippen LogP contribution in [0.4, 0.5) is 0 Å². The normalized spacial score (nSPS) is 16.1. The molecule has 0 saturated carbocycles. The van der Waals surface area contributed by atoms with Crippen LogP contribution in [0, 0.1) is 0 Å². The first-order valence-electron chi connectivity index (χ1n) is 13.3. The summed E-state index contributed by atoms with van der Waals surface area (Å²) in [6.45, 7) is 2.33. The zero-order valence-corrected chi connectivity index (χ0v) is 21.4. The van der Waals surface area contributed by atoms with Gasteiger partial charge in [-0.1, -0.05) is 91.0 Å². The highest BCUT2D eigenvalue weighted by Crippen LogP contribution is 2.60. The molecule has 0 bridgehead atoms. The maximum Gasteiger partial charge on any atom is 0.132 e. The van der Waals surface area contributed by atoms with Crippen LogP contribution >= 0.6 is 0 Å². The van der Waals surface area contributed by atoms with E-state index in [1.54, 1.807) is 0 Å². The van der Waals surface area contributed by atoms with Gasteiger partial charge in [0.05, 0.1) is 16.8 Å². The number of rotatable bonds is 3. The molecule has 1 aliphatic heterocycles. The van der Waals surface area contributed by atoms with Crippen LogP contribution in [-0.2, 0) is 5.41 Å². The van der Waals surface area contributed by atoms with Gasteiger partial charge in [0, 0.05) is 22.3 Å². The summed E-state index contributed by atoms with van der Waals surface area (Å²) in [6.07, 6.45) is 0. The Hall–Kier alpha value is -5.02. The number of fused-ring (bicyclic) bond motifs is 5. The van der Waals surface area contributed by atoms with Crippen LogP contribution in [0.1, 0.15) is 23.6 Å². The van der Waals surface area contributed by atoms with Crippen LogP contribution in [0.25, 0.3) is 44.8 Å². The molecule has 0 spiro atoms. The lowest BCUT2D eigenvalue weighted by Gasteiger charge is -2.35. The topological polar surface area (TPSA) is 35.0 Å². The van der Waals surface area contributed by atoms with E-state index in [4.69, 9.17) is 4.74 Å². The first kappa shape index (κ1) is 22.0. The lowest BCUT2D eigenvalue weighted by Crippen LogP contribution is -2.26. The summed E-state index contributed by atoms with van der Waals surface area (Å²) in [7, 11) is 0. The van der Waals surface area contributed by atoms with Crippen molar-refractivity contribution in [1.82, 2.24) is 10.2 Å². The number of ether oxygens (including phenoxy) is 1. The quantitative estimate of drug-likeness (QED) is 0.243. The van der Waals surface area contributed by atoms with Gasteiger partial charge < -0.3 is 4.74 Å². The standard InChI is InChI=1S/C36H24N2O/c1-36-29-18-17-25(22-28(29)27-13-8-16-34(35(27)36)39-33-15-6-5-14-30(33)36)24-11-7-12-26(21-24)32-20-19-31(37-38-32)23-9-3-2-4-10-23/h2-22H,1H3. The zero-order chi connectivity index (χ0) is 26.0. The van der Waals surface area contributed by atoms with Crippen LogP contribution in [0.3, 0.4) is 0 Å². The van der Waals surface area contributed by atoms with Crippen molar-refractivity contribution in [3.05, 3.63) is 144 Å². The molecule has 0 radical (unpaired) electrons. The highest BCUT2D eigenvalue weighted by Gasteiger charge is 2.47. The molecule has 2 aliphatic rings. The highest BCUT2D eigenvalue weighted by atomic mass is 16.5. The van der Waals surface area contributed by atoms with Crippen molar-refractivity contribution in [1.29, 1.82) is 0 Å². The maximum absolute atomic E-state index is 6.37. The fraction of sp³-hybridized carbons (Fsp3) is 0.0556. The average Bonchev–Trinajstić information content (AvgIpc) is 3.27. The molecule has 1 aliphatic carbocycles. The smallest absolute Gasteiger partial charge is 0.132 e. The molecule has 3 heteroatoms. The first-order chi connectivity index (χ1) is 19.2. The summed E-state index contributed by atoms with van der Waals surface area (Å²) in [5.41, 5.74) is 12.3. The Morgan fingerprint density at radius 3 is 2.00 bits per heavy atom. The third-order valence-corrected chi connectivity index (χ3v) is 8.25. The van der Waals surface area contributed by atoms with Gasteiger partial charge in [-0.25, -0.2) is 0 Å². The molecule has 0 fully saturated rings. The molecule has 1 unspecified atom stereocenters. The minimum absolute atomic E-state index is 0.243. The molecular formula is C36H24N2O. The van der Waals surface area contributed by atoms with Crippen molar-refractivity contribution in [2.75, 3.05) is 0 Å². The monoisotopic (exact) mass is 500 g/mol. The molecule has 0 amide bonds. The van der Waals surface area contributed by atoms with E-state index in [0.717, 1.165) is 39.6 Å². The van der Waals surface area contributed by atoms with Crippen molar-refractivity contribution in [3.63, 3.8) is 0 Å². The Balaban J connectivity index is 1.21. The summed E-state index contributed by atoms with van der Waals surface area (Å²) in [5.74, 6) is 1.89. The number of para-hydroxylation sites is 1. The summed E-state index contributed by atoms with van der Waals surface area (Å²) >= 11 is 0. The van der Waals surface area contributed by atoms with Gasteiger partial charge in [0.25, 0.3) is 0 Å². The molecule has 184 valence electrons. The molecular weight excluding hydrogens is 476 g/mol. The Labute approximate surface area is 227 Å². The van der Waals surface area contributed by atoms with E-state index < -0.39 is 0 Å². The third kappa shape index (κ3) is 3.23. The summed E-state index contributed by atoms with van der Waals surface area (Å²) in [5, 5.41) is 9.05. The van der Waals surface area contributed by atoms with E-state index >= 15 is 0 Å². The van der Waals surface area contributed by atoms with Crippen molar-refractivity contribution < 1.29 is 4.74 Å². The fourth-order valence-corrected chi connectivity index (χ4v) is 6.35. The van der Waals surface area contributed by atoms with E-state index in [1.165, 1.54) is 33.4 Å². The number of benzene rings is 5. The second kappa shape index (κ2) is 8.24. The van der Waals surface area contributed by atoms with E-state index in [0.29, 0.717) is 0 Å². The molecule has 1 atom stereocenters. The zero-order valence-electron chi connectivity index (χ0n) is 21.4. The van der Waals surface area contributed by atoms with Gasteiger partial charge >= 0.3 is 0 Å². The second-order valence-electron chi connectivity index (χ2n) is 10.4. The first-order valence-corrected chi connectivity index (χ1v) is 13.3. The minimum Gasteiger partial charge on any atom is -0.457 e. The van der Waals surface area contributed by atoms with Crippen LogP contribution in [-0.4, -0.2) is 10.2 Å². The van der Waals surface area contributed by atoms with E-state index in [2.05, 4.69) is 108 Å². The van der Waals surface area contributed by atoms with Gasteiger partial charge in [0.1, 0.15) is 11.5 Å². The third-order valence-electron chi connectivity index (χ3n) is 8.25. The summed E-state index contributed by atoms with van der Waals surface area (Å²) < 4.78 is 6.37. The lowest BCUT2D eigenvalue weighted by molar-refractivity contribution is 0.431. The molecule has 0 N–H and O–H groups in total. The van der Waals surface area contributed by atoms with Gasteiger partial charge in [-0.3, -0.25) is 0 Å². The average molecular weight is 501 g/mol. The highest BCUT2D eigenvalue weighted by molar-refractivity contribution is 5.90. The number of hydrogen-bond donors (Lipinski definition) is 0. The van der Waals surface area contributed by atoms with Crippen molar-refractivity contribution in [2.45, 2.75) is 12.3 Å². The van der Waals surface area contributed by atoms with Gasteiger partial charge in [0.15, 0.2) is 0 Å². The number of hydrogen-bond acceptors (Lipinski definition) is 3. The van der Waals surface area contributed by atoms with Crippen LogP contribution in [0.5, 0.6) is 11.5 Å². The Morgan fingerprint density at radius 2 is 1.15 bits per heavy atom. The predicted molar refractivity (Wildman–Crippen MR) is 156 cm³/mol. The minimum atomic E-state index is -0.243. The summed E-state index contributed by atoms with van der Waals surface area (Å²) in [6, 6.07) is 44.5. The van der Waals surface area contributed by atoms with Gasteiger partial charge in [-0.05, 0) is 71.1 Å². The molecule has 5 aromatic carbocycles. The van der Waals surface area contributed by atoms with Crippen molar-refractivity contribution in [2.24, 2.45) is 0 Å². The SMILES string of the molecule is CC12c3ccccc3Oc3cccc(c31)-c1cc(-c3cccc(-c4ccc(-c5ccccc5)nn4)c3)ccc12. The fourth-order valence-electron chi connectivity index (χ4n) is 6.35. The Kier molecular flexibility index (Phi) is 4.65. The molecule has 8 rings (SSSR count). The molecule has 6 aromatic rings. The van der Waals surface area contributed by atoms with E-state index in [9.17, 15) is 0 Å². The predicted octanol–water partition coefficient (Wildman–Crippen LogP) is 8.92. The van der Waals surface area contributed by atoms with E-state index in [-0.39, 0.29) is 5.41 Å². The Bertz CT molecular complexity index is 1890. The maximum atomic E-state index is 6.37. The number of aromatic nitrogens is 2. The van der Waals surface area contributed by atoms with Gasteiger partial charge in [-0.2, -0.15) is 0 Å². The van der Waals surface area contributed by atoms with Gasteiger partial charge in [-0.15, -0.1) is 10.2 Å². The number of nitrogens with zero attached hydrogens (tertiary/aromatic N) is 2. The molecule has 3 nitrogen and oxygen atoms in total.